The van der Waals surface area contributed by atoms with Crippen molar-refractivity contribution >= 4 is 11.6 Å². The average molecular weight is 196 g/mol. The molecule has 0 unspecified atom stereocenters. The first-order valence-corrected chi connectivity index (χ1v) is 4.51. The molecule has 5 nitrogen and oxygen atoms in total. The second-order valence-corrected chi connectivity index (χ2v) is 2.87. The van der Waals surface area contributed by atoms with Gasteiger partial charge in [0.2, 0.25) is 0 Å². The summed E-state index contributed by atoms with van der Waals surface area (Å²) >= 11 is 0. The van der Waals surface area contributed by atoms with E-state index in [1.165, 1.54) is 6.33 Å². The number of rotatable bonds is 5. The molecule has 0 atom stereocenters. The zero-order valence-corrected chi connectivity index (χ0v) is 8.79. The SMILES string of the molecule is CNc1ncnc(NCCOC)c1C. The molecule has 0 aliphatic rings. The Bertz CT molecular complexity index is 290. The Balaban J connectivity index is 2.66. The molecule has 1 aromatic rings. The van der Waals surface area contributed by atoms with Gasteiger partial charge in [0.1, 0.15) is 18.0 Å². The molecule has 1 aromatic heterocycles. The van der Waals surface area contributed by atoms with Crippen LogP contribution in [0.25, 0.3) is 0 Å². The van der Waals surface area contributed by atoms with Crippen molar-refractivity contribution in [3.05, 3.63) is 11.9 Å². The van der Waals surface area contributed by atoms with Crippen LogP contribution in [0.4, 0.5) is 11.6 Å². The van der Waals surface area contributed by atoms with Crippen molar-refractivity contribution in [3.63, 3.8) is 0 Å². The van der Waals surface area contributed by atoms with Gasteiger partial charge in [-0.3, -0.25) is 0 Å². The smallest absolute Gasteiger partial charge is 0.134 e. The van der Waals surface area contributed by atoms with Gasteiger partial charge in [-0.2, -0.15) is 0 Å². The van der Waals surface area contributed by atoms with Gasteiger partial charge in [0.15, 0.2) is 0 Å². The first kappa shape index (κ1) is 10.7. The summed E-state index contributed by atoms with van der Waals surface area (Å²) in [6, 6.07) is 0. The van der Waals surface area contributed by atoms with Crippen molar-refractivity contribution < 1.29 is 4.74 Å². The molecular formula is C9H16N4O. The Morgan fingerprint density at radius 1 is 1.36 bits per heavy atom. The van der Waals surface area contributed by atoms with E-state index in [2.05, 4.69) is 20.6 Å². The quantitative estimate of drug-likeness (QED) is 0.685. The van der Waals surface area contributed by atoms with Crippen molar-refractivity contribution in [1.82, 2.24) is 9.97 Å². The molecule has 0 aliphatic heterocycles. The molecule has 78 valence electrons. The molecule has 0 bridgehead atoms. The van der Waals surface area contributed by atoms with Gasteiger partial charge in [0.25, 0.3) is 0 Å². The van der Waals surface area contributed by atoms with Crippen molar-refractivity contribution in [2.75, 3.05) is 37.9 Å². The highest BCUT2D eigenvalue weighted by atomic mass is 16.5. The van der Waals surface area contributed by atoms with E-state index in [4.69, 9.17) is 4.74 Å². The van der Waals surface area contributed by atoms with Crippen LogP contribution in [0.5, 0.6) is 0 Å². The van der Waals surface area contributed by atoms with Gasteiger partial charge in [-0.15, -0.1) is 0 Å². The lowest BCUT2D eigenvalue weighted by Crippen LogP contribution is -2.11. The van der Waals surface area contributed by atoms with E-state index in [0.717, 1.165) is 23.7 Å². The summed E-state index contributed by atoms with van der Waals surface area (Å²) in [6.45, 7) is 3.39. The molecule has 0 aromatic carbocycles. The average Bonchev–Trinajstić information content (AvgIpc) is 2.21. The molecule has 0 fully saturated rings. The number of nitrogens with one attached hydrogen (secondary N) is 2. The first-order chi connectivity index (χ1) is 6.79. The van der Waals surface area contributed by atoms with Gasteiger partial charge in [-0.05, 0) is 6.92 Å². The van der Waals surface area contributed by atoms with Crippen LogP contribution in [0.15, 0.2) is 6.33 Å². The Kier molecular flexibility index (Phi) is 4.12. The van der Waals surface area contributed by atoms with Crippen LogP contribution in [-0.2, 0) is 4.74 Å². The number of anilines is 2. The summed E-state index contributed by atoms with van der Waals surface area (Å²) in [7, 11) is 3.52. The molecule has 14 heavy (non-hydrogen) atoms. The zero-order chi connectivity index (χ0) is 10.4. The maximum Gasteiger partial charge on any atom is 0.134 e. The standard InChI is InChI=1S/C9H16N4O/c1-7-8(10-2)12-6-13-9(7)11-4-5-14-3/h6H,4-5H2,1-3H3,(H2,10,11,12,13). The Hall–Kier alpha value is -1.36. The van der Waals surface area contributed by atoms with E-state index < -0.39 is 0 Å². The highest BCUT2D eigenvalue weighted by Gasteiger charge is 2.03. The van der Waals surface area contributed by atoms with Gasteiger partial charge in [-0.1, -0.05) is 0 Å². The van der Waals surface area contributed by atoms with Gasteiger partial charge < -0.3 is 15.4 Å². The normalized spacial score (nSPS) is 9.93. The molecule has 1 heterocycles. The Labute approximate surface area is 83.9 Å². The maximum absolute atomic E-state index is 4.94. The molecule has 1 rings (SSSR count). The number of hydrogen-bond donors (Lipinski definition) is 2. The van der Waals surface area contributed by atoms with E-state index in [1.807, 2.05) is 14.0 Å². The molecule has 0 amide bonds. The monoisotopic (exact) mass is 196 g/mol. The minimum absolute atomic E-state index is 0.665. The third-order valence-electron chi connectivity index (χ3n) is 1.92. The fourth-order valence-corrected chi connectivity index (χ4v) is 1.15. The fraction of sp³-hybridized carbons (Fsp3) is 0.556. The van der Waals surface area contributed by atoms with Gasteiger partial charge >= 0.3 is 0 Å². The van der Waals surface area contributed by atoms with E-state index in [-0.39, 0.29) is 0 Å². The van der Waals surface area contributed by atoms with Crippen LogP contribution >= 0.6 is 0 Å². The number of methoxy groups -OCH3 is 1. The summed E-state index contributed by atoms with van der Waals surface area (Å²) in [5.74, 6) is 1.70. The van der Waals surface area contributed by atoms with E-state index in [1.54, 1.807) is 7.11 Å². The molecule has 0 radical (unpaired) electrons. The lowest BCUT2D eigenvalue weighted by atomic mass is 10.3. The van der Waals surface area contributed by atoms with Gasteiger partial charge in [-0.25, -0.2) is 9.97 Å². The largest absolute Gasteiger partial charge is 0.383 e. The Morgan fingerprint density at radius 2 is 2.07 bits per heavy atom. The van der Waals surface area contributed by atoms with E-state index in [0.29, 0.717) is 6.61 Å². The second-order valence-electron chi connectivity index (χ2n) is 2.87. The van der Waals surface area contributed by atoms with Crippen LogP contribution in [-0.4, -0.2) is 37.3 Å². The van der Waals surface area contributed by atoms with Crippen molar-refractivity contribution in [3.8, 4) is 0 Å². The first-order valence-electron chi connectivity index (χ1n) is 4.51. The maximum atomic E-state index is 4.94. The van der Waals surface area contributed by atoms with Crippen LogP contribution in [0.2, 0.25) is 0 Å². The predicted molar refractivity (Wildman–Crippen MR) is 56.7 cm³/mol. The second kappa shape index (κ2) is 5.39. The molecule has 2 N–H and O–H groups in total. The van der Waals surface area contributed by atoms with Crippen molar-refractivity contribution in [2.45, 2.75) is 6.92 Å². The van der Waals surface area contributed by atoms with Gasteiger partial charge in [0.05, 0.1) is 6.61 Å². The van der Waals surface area contributed by atoms with E-state index in [9.17, 15) is 0 Å². The predicted octanol–water partition coefficient (Wildman–Crippen LogP) is 0.885. The summed E-state index contributed by atoms with van der Waals surface area (Å²) in [6.07, 6.45) is 1.54. The lowest BCUT2D eigenvalue weighted by molar-refractivity contribution is 0.210. The summed E-state index contributed by atoms with van der Waals surface area (Å²) in [4.78, 5) is 8.23. The topological polar surface area (TPSA) is 59.1 Å². The van der Waals surface area contributed by atoms with Crippen molar-refractivity contribution in [2.24, 2.45) is 0 Å². The molecule has 0 saturated heterocycles. The molecule has 0 spiro atoms. The van der Waals surface area contributed by atoms with Crippen LogP contribution in [0, 0.1) is 6.92 Å². The number of nitrogens with zero attached hydrogens (tertiary/aromatic N) is 2. The third-order valence-corrected chi connectivity index (χ3v) is 1.92. The molecule has 0 saturated carbocycles. The fourth-order valence-electron chi connectivity index (χ4n) is 1.15. The number of hydrogen-bond acceptors (Lipinski definition) is 5. The highest BCUT2D eigenvalue weighted by molar-refractivity contribution is 5.55. The Morgan fingerprint density at radius 3 is 2.71 bits per heavy atom. The number of ether oxygens (including phenoxy) is 1. The summed E-state index contributed by atoms with van der Waals surface area (Å²) in [5.41, 5.74) is 1.02. The summed E-state index contributed by atoms with van der Waals surface area (Å²) in [5, 5.41) is 6.18. The minimum atomic E-state index is 0.665. The van der Waals surface area contributed by atoms with Crippen LogP contribution in [0.1, 0.15) is 5.56 Å². The lowest BCUT2D eigenvalue weighted by Gasteiger charge is -2.10. The zero-order valence-electron chi connectivity index (χ0n) is 8.79. The minimum Gasteiger partial charge on any atom is -0.383 e. The summed E-state index contributed by atoms with van der Waals surface area (Å²) < 4.78 is 4.94. The molecule has 0 aliphatic carbocycles. The van der Waals surface area contributed by atoms with Crippen LogP contribution < -0.4 is 10.6 Å². The van der Waals surface area contributed by atoms with E-state index >= 15 is 0 Å². The molecular weight excluding hydrogens is 180 g/mol. The van der Waals surface area contributed by atoms with Crippen molar-refractivity contribution in [1.29, 1.82) is 0 Å². The number of aromatic nitrogens is 2. The van der Waals surface area contributed by atoms with Gasteiger partial charge in [0, 0.05) is 26.3 Å². The highest BCUT2D eigenvalue weighted by Crippen LogP contribution is 2.16. The van der Waals surface area contributed by atoms with Crippen LogP contribution in [0.3, 0.4) is 0 Å². The molecule has 5 heteroatoms. The third kappa shape index (κ3) is 2.56.